The Kier molecular flexibility index (Phi) is 5.29. The van der Waals surface area contributed by atoms with Gasteiger partial charge >= 0.3 is 0 Å². The summed E-state index contributed by atoms with van der Waals surface area (Å²) >= 11 is 0. The molecule has 0 radical (unpaired) electrons. The summed E-state index contributed by atoms with van der Waals surface area (Å²) in [5.41, 5.74) is 11.5. The highest BCUT2D eigenvalue weighted by Gasteiger charge is 2.01. The molecule has 0 aliphatic carbocycles. The minimum Gasteiger partial charge on any atom is -0.366 e. The number of primary amides is 2. The topological polar surface area (TPSA) is 86.2 Å². The summed E-state index contributed by atoms with van der Waals surface area (Å²) in [4.78, 5) is 21.1. The average Bonchev–Trinajstić information content (AvgIpc) is 2.10. The number of carbonyl (C=O) groups excluding carboxylic acids is 2. The third kappa shape index (κ3) is 5.13. The van der Waals surface area contributed by atoms with E-state index in [1.54, 1.807) is 13.0 Å². The number of rotatable bonds is 5. The molecule has 4 heteroatoms. The molecule has 0 saturated heterocycles. The molecule has 4 nitrogen and oxygen atoms in total. The maximum atomic E-state index is 10.8. The summed E-state index contributed by atoms with van der Waals surface area (Å²) in [6, 6.07) is 0. The Hall–Kier alpha value is -1.58. The zero-order chi connectivity index (χ0) is 11.1. The summed E-state index contributed by atoms with van der Waals surface area (Å²) in [6.45, 7) is 3.54. The Balaban J connectivity index is 4.09. The van der Waals surface area contributed by atoms with Crippen LogP contribution < -0.4 is 11.5 Å². The first-order chi connectivity index (χ1) is 6.45. The van der Waals surface area contributed by atoms with Crippen molar-refractivity contribution in [1.82, 2.24) is 0 Å². The number of allylic oxidation sites excluding steroid dienone is 2. The van der Waals surface area contributed by atoms with Crippen molar-refractivity contribution in [3.8, 4) is 0 Å². The van der Waals surface area contributed by atoms with E-state index < -0.39 is 11.8 Å². The van der Waals surface area contributed by atoms with Crippen LogP contribution in [0.1, 0.15) is 26.7 Å². The fourth-order valence-corrected chi connectivity index (χ4v) is 0.897. The van der Waals surface area contributed by atoms with Gasteiger partial charge in [0, 0.05) is 5.57 Å². The van der Waals surface area contributed by atoms with Gasteiger partial charge in [0.2, 0.25) is 11.8 Å². The molecule has 0 atom stereocenters. The summed E-state index contributed by atoms with van der Waals surface area (Å²) in [6.07, 6.45) is 4.38. The predicted octanol–water partition coefficient (Wildman–Crippen LogP) is 0.630. The van der Waals surface area contributed by atoms with Crippen molar-refractivity contribution in [1.29, 1.82) is 0 Å². The molecule has 0 rings (SSSR count). The van der Waals surface area contributed by atoms with E-state index in [9.17, 15) is 9.59 Å². The molecular formula is C10H16N2O2. The second-order valence-corrected chi connectivity index (χ2v) is 3.11. The van der Waals surface area contributed by atoms with Crippen molar-refractivity contribution in [2.45, 2.75) is 26.7 Å². The summed E-state index contributed by atoms with van der Waals surface area (Å²) in [7, 11) is 0. The highest BCUT2D eigenvalue weighted by molar-refractivity contribution is 5.92. The van der Waals surface area contributed by atoms with Crippen molar-refractivity contribution in [2.24, 2.45) is 11.5 Å². The Morgan fingerprint density at radius 3 is 2.21 bits per heavy atom. The maximum Gasteiger partial charge on any atom is 0.244 e. The SMILES string of the molecule is CC(CCC=CC(N)=O)=C(C)C(N)=O. The van der Waals surface area contributed by atoms with Gasteiger partial charge in [0.15, 0.2) is 0 Å². The highest BCUT2D eigenvalue weighted by atomic mass is 16.1. The molecule has 78 valence electrons. The van der Waals surface area contributed by atoms with Crippen molar-refractivity contribution in [3.63, 3.8) is 0 Å². The van der Waals surface area contributed by atoms with Gasteiger partial charge in [-0.2, -0.15) is 0 Å². The van der Waals surface area contributed by atoms with Crippen LogP contribution in [0.2, 0.25) is 0 Å². The molecule has 0 bridgehead atoms. The van der Waals surface area contributed by atoms with Crippen LogP contribution in [-0.2, 0) is 9.59 Å². The fourth-order valence-electron chi connectivity index (χ4n) is 0.897. The van der Waals surface area contributed by atoms with Gasteiger partial charge in [0.25, 0.3) is 0 Å². The lowest BCUT2D eigenvalue weighted by Crippen LogP contribution is -2.13. The number of amides is 2. The lowest BCUT2D eigenvalue weighted by atomic mass is 10.1. The molecule has 0 fully saturated rings. The summed E-state index contributed by atoms with van der Waals surface area (Å²) < 4.78 is 0. The van der Waals surface area contributed by atoms with Crippen LogP contribution in [0.4, 0.5) is 0 Å². The van der Waals surface area contributed by atoms with Gasteiger partial charge in [-0.25, -0.2) is 0 Å². The van der Waals surface area contributed by atoms with E-state index in [-0.39, 0.29) is 0 Å². The van der Waals surface area contributed by atoms with Gasteiger partial charge in [-0.3, -0.25) is 9.59 Å². The Bertz CT molecular complexity index is 290. The number of carbonyl (C=O) groups is 2. The standard InChI is InChI=1S/C10H16N2O2/c1-7(8(2)10(12)14)5-3-4-6-9(11)13/h4,6H,3,5H2,1-2H3,(H2,11,13)(H2,12,14). The van der Waals surface area contributed by atoms with Crippen molar-refractivity contribution >= 4 is 11.8 Å². The summed E-state index contributed by atoms with van der Waals surface area (Å²) in [5, 5.41) is 0. The van der Waals surface area contributed by atoms with Gasteiger partial charge in [-0.15, -0.1) is 0 Å². The van der Waals surface area contributed by atoms with E-state index in [1.165, 1.54) is 6.08 Å². The normalized spacial score (nSPS) is 12.7. The van der Waals surface area contributed by atoms with Gasteiger partial charge in [-0.05, 0) is 32.8 Å². The molecule has 0 aromatic rings. The maximum absolute atomic E-state index is 10.8. The third-order valence-corrected chi connectivity index (χ3v) is 1.98. The van der Waals surface area contributed by atoms with Crippen molar-refractivity contribution in [3.05, 3.63) is 23.3 Å². The third-order valence-electron chi connectivity index (χ3n) is 1.98. The van der Waals surface area contributed by atoms with Crippen LogP contribution in [-0.4, -0.2) is 11.8 Å². The molecule has 0 spiro atoms. The average molecular weight is 196 g/mol. The molecule has 0 aromatic carbocycles. The first-order valence-electron chi connectivity index (χ1n) is 4.37. The van der Waals surface area contributed by atoms with Crippen molar-refractivity contribution in [2.75, 3.05) is 0 Å². The van der Waals surface area contributed by atoms with Crippen LogP contribution >= 0.6 is 0 Å². The molecule has 0 unspecified atom stereocenters. The minimum atomic E-state index is -0.460. The molecule has 0 aliphatic heterocycles. The Morgan fingerprint density at radius 2 is 1.79 bits per heavy atom. The van der Waals surface area contributed by atoms with E-state index in [1.807, 2.05) is 6.92 Å². The van der Waals surface area contributed by atoms with Crippen LogP contribution in [0.5, 0.6) is 0 Å². The Morgan fingerprint density at radius 1 is 1.21 bits per heavy atom. The number of hydrogen-bond donors (Lipinski definition) is 2. The van der Waals surface area contributed by atoms with Gasteiger partial charge in [0.1, 0.15) is 0 Å². The first-order valence-corrected chi connectivity index (χ1v) is 4.37. The van der Waals surface area contributed by atoms with E-state index in [2.05, 4.69) is 0 Å². The monoisotopic (exact) mass is 196 g/mol. The second-order valence-electron chi connectivity index (χ2n) is 3.11. The molecule has 0 aromatic heterocycles. The zero-order valence-corrected chi connectivity index (χ0v) is 8.54. The van der Waals surface area contributed by atoms with E-state index in [4.69, 9.17) is 11.5 Å². The Labute approximate surface area is 83.6 Å². The smallest absolute Gasteiger partial charge is 0.244 e. The van der Waals surface area contributed by atoms with Gasteiger partial charge in [0.05, 0.1) is 0 Å². The molecule has 0 saturated carbocycles. The van der Waals surface area contributed by atoms with E-state index in [0.29, 0.717) is 18.4 Å². The predicted molar refractivity (Wildman–Crippen MR) is 55.1 cm³/mol. The van der Waals surface area contributed by atoms with Gasteiger partial charge in [-0.1, -0.05) is 11.6 Å². The number of hydrogen-bond acceptors (Lipinski definition) is 2. The largest absolute Gasteiger partial charge is 0.366 e. The van der Waals surface area contributed by atoms with Crippen LogP contribution in [0, 0.1) is 0 Å². The lowest BCUT2D eigenvalue weighted by molar-refractivity contribution is -0.115. The molecule has 0 heterocycles. The van der Waals surface area contributed by atoms with E-state index in [0.717, 1.165) is 5.57 Å². The van der Waals surface area contributed by atoms with Crippen molar-refractivity contribution < 1.29 is 9.59 Å². The van der Waals surface area contributed by atoms with E-state index >= 15 is 0 Å². The lowest BCUT2D eigenvalue weighted by Gasteiger charge is -2.01. The van der Waals surface area contributed by atoms with Crippen LogP contribution in [0.15, 0.2) is 23.3 Å². The van der Waals surface area contributed by atoms with Gasteiger partial charge < -0.3 is 11.5 Å². The summed E-state index contributed by atoms with van der Waals surface area (Å²) in [5.74, 6) is -0.861. The second kappa shape index (κ2) is 5.96. The molecule has 4 N–H and O–H groups in total. The zero-order valence-electron chi connectivity index (χ0n) is 8.54. The van der Waals surface area contributed by atoms with Crippen LogP contribution in [0.25, 0.3) is 0 Å². The number of nitrogens with two attached hydrogens (primary N) is 2. The fraction of sp³-hybridized carbons (Fsp3) is 0.400. The molecular weight excluding hydrogens is 180 g/mol. The molecule has 14 heavy (non-hydrogen) atoms. The minimum absolute atomic E-state index is 0.401. The first kappa shape index (κ1) is 12.4. The van der Waals surface area contributed by atoms with Crippen LogP contribution in [0.3, 0.4) is 0 Å². The molecule has 2 amide bonds. The highest BCUT2D eigenvalue weighted by Crippen LogP contribution is 2.10. The molecule has 0 aliphatic rings. The quantitative estimate of drug-likeness (QED) is 0.632.